The average molecular weight is 329 g/mol. The summed E-state index contributed by atoms with van der Waals surface area (Å²) in [6.45, 7) is 11.3. The molecular formula is C15H25N2O4S+. The second-order valence-corrected chi connectivity index (χ2v) is 7.22. The number of aliphatic hydroxyl groups excluding tert-OH is 1. The van der Waals surface area contributed by atoms with Crippen molar-refractivity contribution < 1.29 is 24.3 Å². The molecule has 1 fully saturated rings. The zero-order chi connectivity index (χ0) is 16.7. The van der Waals surface area contributed by atoms with Crippen LogP contribution in [-0.2, 0) is 9.59 Å². The van der Waals surface area contributed by atoms with E-state index in [-0.39, 0.29) is 17.0 Å². The lowest BCUT2D eigenvalue weighted by Gasteiger charge is -2.43. The minimum absolute atomic E-state index is 0.120. The van der Waals surface area contributed by atoms with Gasteiger partial charge in [0.15, 0.2) is 0 Å². The van der Waals surface area contributed by atoms with Gasteiger partial charge in [-0.15, -0.1) is 0 Å². The third-order valence-corrected chi connectivity index (χ3v) is 6.42. The Balaban J connectivity index is 2.31. The molecule has 1 saturated heterocycles. The zero-order valence-corrected chi connectivity index (χ0v) is 14.4. The number of quaternary nitrogens is 1. The van der Waals surface area contributed by atoms with Crippen LogP contribution in [0.25, 0.3) is 0 Å². The highest BCUT2D eigenvalue weighted by molar-refractivity contribution is 8.04. The number of likely N-dealkylation sites (N-methyl/N-ethyl adjacent to an activating group) is 1. The molecule has 0 aromatic rings. The fourth-order valence-corrected chi connectivity index (χ4v) is 5.02. The van der Waals surface area contributed by atoms with E-state index in [2.05, 4.69) is 20.8 Å². The van der Waals surface area contributed by atoms with E-state index >= 15 is 0 Å². The van der Waals surface area contributed by atoms with E-state index in [1.807, 2.05) is 0 Å². The predicted octanol–water partition coefficient (Wildman–Crippen LogP) is 1.07. The normalized spacial score (nSPS) is 26.0. The van der Waals surface area contributed by atoms with Gasteiger partial charge in [0.05, 0.1) is 36.6 Å². The van der Waals surface area contributed by atoms with E-state index < -0.39 is 18.0 Å². The van der Waals surface area contributed by atoms with E-state index in [4.69, 9.17) is 0 Å². The first-order chi connectivity index (χ1) is 10.3. The Labute approximate surface area is 135 Å². The lowest BCUT2D eigenvalue weighted by atomic mass is 9.92. The van der Waals surface area contributed by atoms with Gasteiger partial charge in [-0.25, -0.2) is 4.79 Å². The van der Waals surface area contributed by atoms with E-state index in [0.717, 1.165) is 29.0 Å². The van der Waals surface area contributed by atoms with Crippen molar-refractivity contribution in [2.75, 3.05) is 26.2 Å². The fraction of sp³-hybridized carbons (Fsp3) is 0.733. The molecule has 0 aromatic heterocycles. The van der Waals surface area contributed by atoms with Gasteiger partial charge in [-0.05, 0) is 27.7 Å². The molecule has 6 nitrogen and oxygen atoms in total. The molecule has 2 aliphatic rings. The number of hydrogen-bond donors (Lipinski definition) is 2. The van der Waals surface area contributed by atoms with Crippen molar-refractivity contribution in [3.05, 3.63) is 10.6 Å². The number of carboxylic acid groups (broad SMARTS) is 1. The number of aliphatic carboxylic acids is 1. The summed E-state index contributed by atoms with van der Waals surface area (Å²) < 4.78 is 0.799. The molecule has 7 heteroatoms. The Morgan fingerprint density at radius 3 is 2.27 bits per heavy atom. The first-order valence-electron chi connectivity index (χ1n) is 7.81. The molecule has 0 radical (unpaired) electrons. The lowest BCUT2D eigenvalue weighted by Crippen LogP contribution is -2.60. The van der Waals surface area contributed by atoms with E-state index in [1.165, 1.54) is 16.7 Å². The Bertz CT molecular complexity index is 505. The van der Waals surface area contributed by atoms with Crippen LogP contribution in [0.5, 0.6) is 0 Å². The summed E-state index contributed by atoms with van der Waals surface area (Å²) in [6.07, 6.45) is -0.751. The highest BCUT2D eigenvalue weighted by atomic mass is 32.2. The quantitative estimate of drug-likeness (QED) is 0.540. The summed E-state index contributed by atoms with van der Waals surface area (Å²) in [5.41, 5.74) is 0.120. The smallest absolute Gasteiger partial charge is 0.353 e. The van der Waals surface area contributed by atoms with Gasteiger partial charge in [0.25, 0.3) is 0 Å². The first-order valence-corrected chi connectivity index (χ1v) is 8.69. The summed E-state index contributed by atoms with van der Waals surface area (Å²) in [6, 6.07) is 0. The number of thioether (sulfide) groups is 1. The molecule has 2 rings (SSSR count). The Morgan fingerprint density at radius 2 is 1.86 bits per heavy atom. The number of carbonyl (C=O) groups excluding carboxylic acids is 1. The molecule has 3 atom stereocenters. The van der Waals surface area contributed by atoms with E-state index in [9.17, 15) is 19.8 Å². The number of fused-ring (bicyclic) bond motifs is 1. The van der Waals surface area contributed by atoms with Crippen molar-refractivity contribution in [3.8, 4) is 0 Å². The van der Waals surface area contributed by atoms with Crippen LogP contribution in [0.1, 0.15) is 27.7 Å². The summed E-state index contributed by atoms with van der Waals surface area (Å²) >= 11 is 1.44. The molecule has 0 saturated carbocycles. The summed E-state index contributed by atoms with van der Waals surface area (Å²) in [5.74, 6) is -1.82. The number of carboxylic acids is 1. The van der Waals surface area contributed by atoms with Crippen molar-refractivity contribution in [1.29, 1.82) is 0 Å². The van der Waals surface area contributed by atoms with Gasteiger partial charge in [0, 0.05) is 0 Å². The molecule has 22 heavy (non-hydrogen) atoms. The summed E-state index contributed by atoms with van der Waals surface area (Å²) in [5, 5.41) is 19.0. The molecule has 124 valence electrons. The first kappa shape index (κ1) is 17.3. The van der Waals surface area contributed by atoms with Gasteiger partial charge in [-0.3, -0.25) is 9.69 Å². The van der Waals surface area contributed by atoms with Crippen molar-refractivity contribution in [2.24, 2.45) is 5.92 Å². The van der Waals surface area contributed by atoms with Crippen LogP contribution >= 0.6 is 11.8 Å². The highest BCUT2D eigenvalue weighted by Gasteiger charge is 2.58. The monoisotopic (exact) mass is 329 g/mol. The Hall–Kier alpha value is -1.05. The van der Waals surface area contributed by atoms with Gasteiger partial charge in [-0.1, -0.05) is 11.8 Å². The maximum absolute atomic E-state index is 12.2. The second-order valence-electron chi connectivity index (χ2n) is 6.01. The molecule has 2 N–H and O–H groups in total. The summed E-state index contributed by atoms with van der Waals surface area (Å²) in [7, 11) is 0. The van der Waals surface area contributed by atoms with Crippen molar-refractivity contribution in [3.63, 3.8) is 0 Å². The summed E-state index contributed by atoms with van der Waals surface area (Å²) in [4.78, 5) is 25.9. The number of hydrogen-bond acceptors (Lipinski definition) is 4. The third-order valence-electron chi connectivity index (χ3n) is 5.07. The molecule has 0 spiro atoms. The van der Waals surface area contributed by atoms with Crippen molar-refractivity contribution in [1.82, 2.24) is 4.90 Å². The maximum atomic E-state index is 12.2. The van der Waals surface area contributed by atoms with Gasteiger partial charge in [0.2, 0.25) is 5.91 Å². The van der Waals surface area contributed by atoms with Crippen LogP contribution in [-0.4, -0.2) is 69.1 Å². The van der Waals surface area contributed by atoms with Crippen LogP contribution < -0.4 is 0 Å². The van der Waals surface area contributed by atoms with Crippen LogP contribution in [0.15, 0.2) is 10.6 Å². The predicted molar refractivity (Wildman–Crippen MR) is 84.8 cm³/mol. The molecule has 0 aromatic carbocycles. The number of amides is 1. The molecule has 0 unspecified atom stereocenters. The molecular weight excluding hydrogens is 304 g/mol. The zero-order valence-electron chi connectivity index (χ0n) is 13.6. The Kier molecular flexibility index (Phi) is 4.89. The molecule has 2 heterocycles. The largest absolute Gasteiger partial charge is 0.477 e. The maximum Gasteiger partial charge on any atom is 0.353 e. The average Bonchev–Trinajstić information content (AvgIpc) is 2.78. The van der Waals surface area contributed by atoms with Gasteiger partial charge >= 0.3 is 5.97 Å². The number of nitrogens with zero attached hydrogens (tertiary/aromatic N) is 2. The fourth-order valence-electron chi connectivity index (χ4n) is 3.28. The second kappa shape index (κ2) is 6.22. The standard InChI is InChI=1S/C15H24N2O4S/c1-5-17(6-2,7-3)8-10-12(15(20)21)16-13(19)11(9(4)18)14(16)22-10/h9,11,14,18H,5-8H2,1-4H3/p+1/t9-,11+,14-/m1/s1. The van der Waals surface area contributed by atoms with E-state index in [0.29, 0.717) is 6.54 Å². The van der Waals surface area contributed by atoms with Crippen molar-refractivity contribution >= 4 is 23.6 Å². The van der Waals surface area contributed by atoms with Gasteiger partial charge in [0.1, 0.15) is 17.6 Å². The third kappa shape index (κ3) is 2.55. The van der Waals surface area contributed by atoms with E-state index in [1.54, 1.807) is 6.92 Å². The topological polar surface area (TPSA) is 77.8 Å². The number of carbonyl (C=O) groups is 2. The minimum Gasteiger partial charge on any atom is -0.477 e. The van der Waals surface area contributed by atoms with Crippen LogP contribution in [0.2, 0.25) is 0 Å². The molecule has 2 aliphatic heterocycles. The van der Waals surface area contributed by atoms with Crippen LogP contribution in [0.3, 0.4) is 0 Å². The van der Waals surface area contributed by atoms with Gasteiger partial charge in [-0.2, -0.15) is 0 Å². The Morgan fingerprint density at radius 1 is 1.32 bits per heavy atom. The van der Waals surface area contributed by atoms with Crippen LogP contribution in [0.4, 0.5) is 0 Å². The number of rotatable bonds is 7. The molecule has 0 aliphatic carbocycles. The minimum atomic E-state index is -1.05. The molecule has 0 bridgehead atoms. The van der Waals surface area contributed by atoms with Crippen LogP contribution in [0, 0.1) is 5.92 Å². The number of β-lactam (4-membered cyclic amide) rings is 1. The lowest BCUT2D eigenvalue weighted by molar-refractivity contribution is -0.918. The van der Waals surface area contributed by atoms with Crippen molar-refractivity contribution in [2.45, 2.75) is 39.2 Å². The highest BCUT2D eigenvalue weighted by Crippen LogP contribution is 2.50. The number of aliphatic hydroxyl groups is 1. The SMILES string of the molecule is CC[N+](CC)(CC)CC1=C(C(=O)O)N2C(=O)[C@H]([C@@H](C)O)[C@H]2S1. The molecule has 1 amide bonds. The van der Waals surface area contributed by atoms with Gasteiger partial charge < -0.3 is 14.7 Å².